The number of rotatable bonds is 10. The molecule has 0 bridgehead atoms. The van der Waals surface area contributed by atoms with Gasteiger partial charge in [0.25, 0.3) is 0 Å². The smallest absolute Gasteiger partial charge is 0.128 e. The molecule has 1 aliphatic carbocycles. The topological polar surface area (TPSA) is 107 Å². The van der Waals surface area contributed by atoms with Crippen LogP contribution in [-0.4, -0.2) is 55.0 Å². The largest absolute Gasteiger partial charge is 0.508 e. The van der Waals surface area contributed by atoms with Crippen LogP contribution >= 0.6 is 0 Å². The zero-order chi connectivity index (χ0) is 29.9. The van der Waals surface area contributed by atoms with Crippen LogP contribution in [0.3, 0.4) is 0 Å². The van der Waals surface area contributed by atoms with Crippen LogP contribution in [0.15, 0.2) is 54.6 Å². The zero-order valence-corrected chi connectivity index (χ0v) is 24.9. The molecule has 43 heavy (non-hydrogen) atoms. The lowest BCUT2D eigenvalue weighted by Crippen LogP contribution is -2.46. The number of hydrogen-bond donors (Lipinski definition) is 3. The first-order chi connectivity index (χ1) is 20.9. The Labute approximate surface area is 253 Å². The molecule has 0 saturated heterocycles. The van der Waals surface area contributed by atoms with Crippen molar-refractivity contribution in [3.05, 3.63) is 76.9 Å². The summed E-state index contributed by atoms with van der Waals surface area (Å²) in [6.07, 6.45) is 4.24. The van der Waals surface area contributed by atoms with Crippen LogP contribution in [0.25, 0.3) is 0 Å². The first-order valence-electron chi connectivity index (χ1n) is 15.4. The summed E-state index contributed by atoms with van der Waals surface area (Å²) < 4.78 is 30.1. The lowest BCUT2D eigenvalue weighted by Gasteiger charge is -2.44. The fourth-order valence-corrected chi connectivity index (χ4v) is 7.02. The Kier molecular flexibility index (Phi) is 8.98. The fraction of sp³-hybridized carbons (Fsp3) is 0.486. The predicted octanol–water partition coefficient (Wildman–Crippen LogP) is 5.89. The molecule has 3 aromatic rings. The Morgan fingerprint density at radius 1 is 0.907 bits per heavy atom. The van der Waals surface area contributed by atoms with Crippen LogP contribution in [0.5, 0.6) is 28.7 Å². The summed E-state index contributed by atoms with van der Waals surface area (Å²) in [7, 11) is 3.27. The second-order valence-electron chi connectivity index (χ2n) is 12.0. The Balaban J connectivity index is 1.36. The molecular weight excluding hydrogens is 548 g/mol. The highest BCUT2D eigenvalue weighted by molar-refractivity contribution is 5.52. The van der Waals surface area contributed by atoms with E-state index >= 15 is 0 Å². The average Bonchev–Trinajstić information content (AvgIpc) is 3.51. The van der Waals surface area contributed by atoms with E-state index in [4.69, 9.17) is 23.7 Å². The Morgan fingerprint density at radius 3 is 2.49 bits per heavy atom. The van der Waals surface area contributed by atoms with Gasteiger partial charge in [-0.1, -0.05) is 12.1 Å². The van der Waals surface area contributed by atoms with Gasteiger partial charge in [0.1, 0.15) is 34.9 Å². The quantitative estimate of drug-likeness (QED) is 0.251. The number of benzene rings is 3. The van der Waals surface area contributed by atoms with Gasteiger partial charge in [0.15, 0.2) is 0 Å². The molecule has 2 aliphatic heterocycles. The summed E-state index contributed by atoms with van der Waals surface area (Å²) in [5, 5.41) is 34.0. The molecule has 1 saturated carbocycles. The van der Waals surface area contributed by atoms with E-state index in [2.05, 4.69) is 0 Å². The minimum Gasteiger partial charge on any atom is -0.508 e. The van der Waals surface area contributed by atoms with Crippen molar-refractivity contribution in [1.82, 2.24) is 0 Å². The van der Waals surface area contributed by atoms with Gasteiger partial charge in [-0.05, 0) is 86.6 Å². The summed E-state index contributed by atoms with van der Waals surface area (Å²) in [6, 6.07) is 16.6. The first kappa shape index (κ1) is 29.6. The lowest BCUT2D eigenvalue weighted by molar-refractivity contribution is -0.0889. The van der Waals surface area contributed by atoms with Crippen molar-refractivity contribution in [2.75, 3.05) is 27.4 Å². The standard InChI is InChI=1S/C35H42O8/c1-39-14-6-11-31-32(34(38)27-18-25(40-2)12-13-30(27)43-31)29-20-41-35-22(15-21-7-5-8-23(36)16-21)17-26(19-28(35)33(29)37)42-24-9-3-4-10-24/h5,7-8,12-13,16-19,24,29,31-34,36-38H,3-4,6,9-11,14-15,20H2,1-2H3/t29-,31-,32-,33-,34+/m1/s1. The minimum absolute atomic E-state index is 0.148. The molecule has 1 fully saturated rings. The number of phenolic OH excluding ortho intramolecular Hbond substituents is 1. The molecule has 8 nitrogen and oxygen atoms in total. The van der Waals surface area contributed by atoms with Gasteiger partial charge in [0, 0.05) is 48.7 Å². The van der Waals surface area contributed by atoms with Gasteiger partial charge in [-0.3, -0.25) is 0 Å². The molecule has 3 N–H and O–H groups in total. The molecule has 2 heterocycles. The highest BCUT2D eigenvalue weighted by Gasteiger charge is 2.47. The molecule has 230 valence electrons. The maximum atomic E-state index is 12.1. The van der Waals surface area contributed by atoms with Crippen LogP contribution < -0.4 is 18.9 Å². The number of hydrogen-bond acceptors (Lipinski definition) is 8. The summed E-state index contributed by atoms with van der Waals surface area (Å²) in [5.41, 5.74) is 3.12. The lowest BCUT2D eigenvalue weighted by atomic mass is 9.72. The summed E-state index contributed by atoms with van der Waals surface area (Å²) in [6.45, 7) is 0.792. The molecule has 0 aromatic heterocycles. The monoisotopic (exact) mass is 590 g/mol. The third-order valence-corrected chi connectivity index (χ3v) is 9.16. The van der Waals surface area contributed by atoms with Crippen molar-refractivity contribution < 1.29 is 39.0 Å². The third-order valence-electron chi connectivity index (χ3n) is 9.16. The number of aliphatic hydroxyl groups is 2. The van der Waals surface area contributed by atoms with Crippen molar-refractivity contribution >= 4 is 0 Å². The van der Waals surface area contributed by atoms with E-state index in [0.717, 1.165) is 43.2 Å². The SMILES string of the molecule is COCCC[C@H]1Oc2ccc(OC)cc2[C@H](O)[C@@H]1[C@H]1COc2c(Cc3cccc(O)c3)cc(OC3CCCC3)cc2[C@H]1O. The van der Waals surface area contributed by atoms with E-state index in [1.807, 2.05) is 42.5 Å². The number of fused-ring (bicyclic) bond motifs is 2. The Hall–Kier alpha value is -3.46. The van der Waals surface area contributed by atoms with Crippen LogP contribution in [0.4, 0.5) is 0 Å². The van der Waals surface area contributed by atoms with Crippen LogP contribution in [0, 0.1) is 11.8 Å². The Bertz CT molecular complexity index is 1400. The summed E-state index contributed by atoms with van der Waals surface area (Å²) in [5.74, 6) is 1.92. The summed E-state index contributed by atoms with van der Waals surface area (Å²) in [4.78, 5) is 0. The van der Waals surface area contributed by atoms with E-state index in [0.29, 0.717) is 53.6 Å². The number of ether oxygens (including phenoxy) is 5. The molecule has 3 aliphatic rings. The maximum absolute atomic E-state index is 12.1. The van der Waals surface area contributed by atoms with Crippen molar-refractivity contribution in [2.24, 2.45) is 11.8 Å². The van der Waals surface area contributed by atoms with Crippen LogP contribution in [-0.2, 0) is 11.2 Å². The van der Waals surface area contributed by atoms with Crippen LogP contribution in [0.1, 0.15) is 73.0 Å². The van der Waals surface area contributed by atoms with Crippen molar-refractivity contribution in [3.8, 4) is 28.7 Å². The first-order valence-corrected chi connectivity index (χ1v) is 15.4. The zero-order valence-electron chi connectivity index (χ0n) is 24.9. The normalized spacial score (nSPS) is 24.9. The van der Waals surface area contributed by atoms with Gasteiger partial charge in [-0.25, -0.2) is 0 Å². The van der Waals surface area contributed by atoms with E-state index in [-0.39, 0.29) is 24.6 Å². The predicted molar refractivity (Wildman–Crippen MR) is 161 cm³/mol. The molecule has 0 amide bonds. The third kappa shape index (κ3) is 6.28. The van der Waals surface area contributed by atoms with Gasteiger partial charge in [0.2, 0.25) is 0 Å². The second-order valence-corrected chi connectivity index (χ2v) is 12.0. The van der Waals surface area contributed by atoms with Crippen molar-refractivity contribution in [1.29, 1.82) is 0 Å². The fourth-order valence-electron chi connectivity index (χ4n) is 7.02. The highest BCUT2D eigenvalue weighted by atomic mass is 16.5. The van der Waals surface area contributed by atoms with Crippen molar-refractivity contribution in [3.63, 3.8) is 0 Å². The molecule has 0 unspecified atom stereocenters. The summed E-state index contributed by atoms with van der Waals surface area (Å²) >= 11 is 0. The van der Waals surface area contributed by atoms with Crippen molar-refractivity contribution in [2.45, 2.75) is 69.4 Å². The highest BCUT2D eigenvalue weighted by Crippen LogP contribution is 2.51. The van der Waals surface area contributed by atoms with Gasteiger partial charge in [-0.2, -0.15) is 0 Å². The van der Waals surface area contributed by atoms with E-state index < -0.39 is 24.0 Å². The molecule has 3 aromatic carbocycles. The number of phenols is 1. The molecule has 6 rings (SSSR count). The molecule has 8 heteroatoms. The minimum atomic E-state index is -0.917. The number of aromatic hydroxyl groups is 1. The second kappa shape index (κ2) is 13.0. The van der Waals surface area contributed by atoms with Gasteiger partial charge in [0.05, 0.1) is 32.0 Å². The van der Waals surface area contributed by atoms with E-state index in [1.54, 1.807) is 26.4 Å². The molecule has 0 radical (unpaired) electrons. The average molecular weight is 591 g/mol. The van der Waals surface area contributed by atoms with Gasteiger partial charge >= 0.3 is 0 Å². The molecule has 5 atom stereocenters. The van der Waals surface area contributed by atoms with Gasteiger partial charge < -0.3 is 39.0 Å². The Morgan fingerprint density at radius 2 is 1.72 bits per heavy atom. The van der Waals surface area contributed by atoms with Crippen LogP contribution in [0.2, 0.25) is 0 Å². The van der Waals surface area contributed by atoms with Gasteiger partial charge in [-0.15, -0.1) is 0 Å². The maximum Gasteiger partial charge on any atom is 0.128 e. The number of methoxy groups -OCH3 is 2. The van der Waals surface area contributed by atoms with E-state index in [9.17, 15) is 15.3 Å². The molecule has 0 spiro atoms. The van der Waals surface area contributed by atoms with E-state index in [1.165, 1.54) is 0 Å². The number of aliphatic hydroxyl groups excluding tert-OH is 2. The molecular formula is C35H42O8.